The topological polar surface area (TPSA) is 79.8 Å². The minimum atomic E-state index is -0.321. The maximum Gasteiger partial charge on any atom is 0.257 e. The monoisotopic (exact) mass is 314 g/mol. The molecule has 0 bridgehead atoms. The van der Waals surface area contributed by atoms with Gasteiger partial charge in [0.05, 0.1) is 0 Å². The van der Waals surface area contributed by atoms with Gasteiger partial charge in [0.1, 0.15) is 0 Å². The third kappa shape index (κ3) is 3.88. The van der Waals surface area contributed by atoms with E-state index in [0.717, 1.165) is 12.1 Å². The van der Waals surface area contributed by atoms with Crippen molar-refractivity contribution in [2.75, 3.05) is 5.32 Å². The number of pyridine rings is 1. The van der Waals surface area contributed by atoms with E-state index in [1.54, 1.807) is 19.3 Å². The first-order chi connectivity index (χ1) is 11.1. The Morgan fingerprint density at radius 2 is 2.13 bits per heavy atom. The number of nitrogens with zero attached hydrogens (tertiary/aromatic N) is 2. The maximum atomic E-state index is 12.2. The number of hydrogen-bond donors (Lipinski definition) is 2. The number of aryl methyl sites for hydroxylation is 1. The van der Waals surface area contributed by atoms with Crippen molar-refractivity contribution in [2.45, 2.75) is 38.5 Å². The fourth-order valence-electron chi connectivity index (χ4n) is 3.11. The quantitative estimate of drug-likeness (QED) is 0.910. The van der Waals surface area contributed by atoms with Gasteiger partial charge in [-0.3, -0.25) is 14.7 Å². The second-order valence-electron chi connectivity index (χ2n) is 6.31. The van der Waals surface area contributed by atoms with Gasteiger partial charge in [-0.2, -0.15) is 5.10 Å². The van der Waals surface area contributed by atoms with Crippen LogP contribution in [0.4, 0.5) is 5.82 Å². The number of carbonyl (C=O) groups excluding carboxylic acids is 1. The highest BCUT2D eigenvalue weighted by atomic mass is 16.2. The Balaban J connectivity index is 1.62. The Morgan fingerprint density at radius 3 is 2.87 bits per heavy atom. The molecule has 0 unspecified atom stereocenters. The highest BCUT2D eigenvalue weighted by molar-refractivity contribution is 6.03. The van der Waals surface area contributed by atoms with E-state index in [9.17, 15) is 9.59 Å². The highest BCUT2D eigenvalue weighted by Gasteiger charge is 2.16. The van der Waals surface area contributed by atoms with Gasteiger partial charge >= 0.3 is 0 Å². The van der Waals surface area contributed by atoms with E-state index in [0.29, 0.717) is 17.3 Å². The Bertz CT molecular complexity index is 741. The molecule has 0 aliphatic heterocycles. The molecule has 1 saturated carbocycles. The van der Waals surface area contributed by atoms with E-state index >= 15 is 0 Å². The van der Waals surface area contributed by atoms with Gasteiger partial charge in [-0.05, 0) is 18.4 Å². The van der Waals surface area contributed by atoms with Crippen molar-refractivity contribution in [1.29, 1.82) is 0 Å². The SMILES string of the molecule is Cn1ccc(C(=O)Nc2cc(CC3CCCCC3)[nH]n2)cc1=O. The zero-order valence-electron chi connectivity index (χ0n) is 13.3. The van der Waals surface area contributed by atoms with Crippen LogP contribution < -0.4 is 10.9 Å². The number of aromatic nitrogens is 3. The summed E-state index contributed by atoms with van der Waals surface area (Å²) < 4.78 is 1.42. The molecule has 6 heteroatoms. The van der Waals surface area contributed by atoms with Crippen LogP contribution in [0, 0.1) is 5.92 Å². The molecular formula is C17H22N4O2. The van der Waals surface area contributed by atoms with Gasteiger partial charge in [0.25, 0.3) is 11.5 Å². The molecule has 1 amide bonds. The minimum Gasteiger partial charge on any atom is -0.319 e. The Kier molecular flexibility index (Phi) is 4.60. The van der Waals surface area contributed by atoms with E-state index in [1.165, 1.54) is 42.7 Å². The Morgan fingerprint density at radius 1 is 1.35 bits per heavy atom. The van der Waals surface area contributed by atoms with E-state index in [2.05, 4.69) is 15.5 Å². The number of nitrogens with one attached hydrogen (secondary N) is 2. The normalized spacial score (nSPS) is 15.5. The van der Waals surface area contributed by atoms with Crippen LogP contribution in [0.1, 0.15) is 48.2 Å². The molecule has 0 radical (unpaired) electrons. The molecule has 0 spiro atoms. The van der Waals surface area contributed by atoms with Crippen LogP contribution in [0.25, 0.3) is 0 Å². The largest absolute Gasteiger partial charge is 0.319 e. The average Bonchev–Trinajstić information content (AvgIpc) is 2.98. The summed E-state index contributed by atoms with van der Waals surface area (Å²) in [6.45, 7) is 0. The lowest BCUT2D eigenvalue weighted by atomic mass is 9.86. The average molecular weight is 314 g/mol. The van der Waals surface area contributed by atoms with Crippen molar-refractivity contribution in [3.8, 4) is 0 Å². The molecule has 2 aromatic heterocycles. The van der Waals surface area contributed by atoms with E-state index in [4.69, 9.17) is 0 Å². The van der Waals surface area contributed by atoms with Gasteiger partial charge in [-0.25, -0.2) is 0 Å². The van der Waals surface area contributed by atoms with E-state index in [1.807, 2.05) is 6.07 Å². The molecule has 1 aliphatic rings. The molecule has 2 heterocycles. The van der Waals surface area contributed by atoms with Gasteiger partial charge < -0.3 is 9.88 Å². The molecular weight excluding hydrogens is 292 g/mol. The molecule has 2 N–H and O–H groups in total. The first kappa shape index (κ1) is 15.5. The standard InChI is InChI=1S/C17H22N4O2/c1-21-8-7-13(10-16(21)22)17(23)18-15-11-14(19-20-15)9-12-5-3-2-4-6-12/h7-8,10-12H,2-6,9H2,1H3,(H2,18,19,20,23). The molecule has 6 nitrogen and oxygen atoms in total. The van der Waals surface area contributed by atoms with E-state index < -0.39 is 0 Å². The van der Waals surface area contributed by atoms with Gasteiger partial charge in [-0.1, -0.05) is 32.1 Å². The van der Waals surface area contributed by atoms with Crippen LogP contribution in [0.3, 0.4) is 0 Å². The van der Waals surface area contributed by atoms with E-state index in [-0.39, 0.29) is 11.5 Å². The fraction of sp³-hybridized carbons (Fsp3) is 0.471. The molecule has 0 atom stereocenters. The van der Waals surface area contributed by atoms with Crippen LogP contribution in [0.2, 0.25) is 0 Å². The zero-order chi connectivity index (χ0) is 16.2. The molecule has 1 aliphatic carbocycles. The number of carbonyl (C=O) groups is 1. The van der Waals surface area contributed by atoms with Crippen molar-refractivity contribution in [3.05, 3.63) is 46.0 Å². The third-order valence-corrected chi connectivity index (χ3v) is 4.47. The first-order valence-corrected chi connectivity index (χ1v) is 8.14. The van der Waals surface area contributed by atoms with Crippen molar-refractivity contribution >= 4 is 11.7 Å². The van der Waals surface area contributed by atoms with Gasteiger partial charge in [0, 0.05) is 36.6 Å². The third-order valence-electron chi connectivity index (χ3n) is 4.47. The Labute approximate surface area is 134 Å². The molecule has 0 saturated heterocycles. The van der Waals surface area contributed by atoms with Crippen LogP contribution >= 0.6 is 0 Å². The summed E-state index contributed by atoms with van der Waals surface area (Å²) in [6, 6.07) is 4.82. The summed E-state index contributed by atoms with van der Waals surface area (Å²) in [7, 11) is 1.65. The van der Waals surface area contributed by atoms with Gasteiger partial charge in [0.15, 0.2) is 5.82 Å². The zero-order valence-corrected chi connectivity index (χ0v) is 13.3. The number of aromatic amines is 1. The smallest absolute Gasteiger partial charge is 0.257 e. The lowest BCUT2D eigenvalue weighted by Gasteiger charge is -2.20. The minimum absolute atomic E-state index is 0.210. The number of hydrogen-bond acceptors (Lipinski definition) is 3. The summed E-state index contributed by atoms with van der Waals surface area (Å²) in [5.41, 5.74) is 1.18. The molecule has 3 rings (SSSR count). The predicted octanol–water partition coefficient (Wildman–Crippen LogP) is 2.48. The van der Waals surface area contributed by atoms with Crippen LogP contribution in [0.5, 0.6) is 0 Å². The number of H-pyrrole nitrogens is 1. The van der Waals surface area contributed by atoms with Gasteiger partial charge in [-0.15, -0.1) is 0 Å². The van der Waals surface area contributed by atoms with Crippen molar-refractivity contribution in [1.82, 2.24) is 14.8 Å². The number of rotatable bonds is 4. The molecule has 1 fully saturated rings. The predicted molar refractivity (Wildman–Crippen MR) is 88.5 cm³/mol. The molecule has 23 heavy (non-hydrogen) atoms. The van der Waals surface area contributed by atoms with Crippen molar-refractivity contribution in [2.24, 2.45) is 13.0 Å². The number of amides is 1. The Hall–Kier alpha value is -2.37. The summed E-state index contributed by atoms with van der Waals surface area (Å²) in [6.07, 6.45) is 9.07. The second-order valence-corrected chi connectivity index (χ2v) is 6.31. The van der Waals surface area contributed by atoms with Crippen molar-refractivity contribution in [3.63, 3.8) is 0 Å². The van der Waals surface area contributed by atoms with Crippen LogP contribution in [-0.2, 0) is 13.5 Å². The van der Waals surface area contributed by atoms with Gasteiger partial charge in [0.2, 0.25) is 0 Å². The maximum absolute atomic E-state index is 12.2. The molecule has 2 aromatic rings. The summed E-state index contributed by atoms with van der Waals surface area (Å²) in [4.78, 5) is 23.7. The highest BCUT2D eigenvalue weighted by Crippen LogP contribution is 2.26. The fourth-order valence-corrected chi connectivity index (χ4v) is 3.11. The van der Waals surface area contributed by atoms with Crippen molar-refractivity contribution < 1.29 is 4.79 Å². The summed E-state index contributed by atoms with van der Waals surface area (Å²) in [5, 5.41) is 9.88. The molecule has 122 valence electrons. The number of anilines is 1. The summed E-state index contributed by atoms with van der Waals surface area (Å²) in [5.74, 6) is 0.893. The molecule has 0 aromatic carbocycles. The van der Waals surface area contributed by atoms with Crippen LogP contribution in [-0.4, -0.2) is 20.7 Å². The second kappa shape index (κ2) is 6.81. The first-order valence-electron chi connectivity index (χ1n) is 8.14. The lowest BCUT2D eigenvalue weighted by molar-refractivity contribution is 0.102. The van der Waals surface area contributed by atoms with Crippen LogP contribution in [0.15, 0.2) is 29.2 Å². The lowest BCUT2D eigenvalue weighted by Crippen LogP contribution is -2.20. The summed E-state index contributed by atoms with van der Waals surface area (Å²) >= 11 is 0.